The molecule has 4 aromatic rings. The van der Waals surface area contributed by atoms with E-state index in [9.17, 15) is 0 Å². The molecule has 0 N–H and O–H groups in total. The van der Waals surface area contributed by atoms with Gasteiger partial charge in [0.25, 0.3) is 0 Å². The predicted octanol–water partition coefficient (Wildman–Crippen LogP) is 5.48. The first-order valence-electron chi connectivity index (χ1n) is 10.3. The van der Waals surface area contributed by atoms with Gasteiger partial charge in [0, 0.05) is 0 Å². The fourth-order valence-corrected chi connectivity index (χ4v) is 8.96. The Hall–Kier alpha value is -3.15. The van der Waals surface area contributed by atoms with Crippen LogP contribution in [0.4, 0.5) is 0 Å². The summed E-state index contributed by atoms with van der Waals surface area (Å²) in [5.74, 6) is 0.942. The Kier molecular flexibility index (Phi) is 6.42. The van der Waals surface area contributed by atoms with E-state index in [0.29, 0.717) is 6.61 Å². The Morgan fingerprint density at radius 3 is 1.50 bits per heavy atom. The molecule has 0 radical (unpaired) electrons. The fraction of sp³-hybridized carbons (Fsp3) is 0.0714. The first kappa shape index (κ1) is 20.1. The molecule has 0 saturated heterocycles. The van der Waals surface area contributed by atoms with E-state index < -0.39 is 7.26 Å². The van der Waals surface area contributed by atoms with Gasteiger partial charge in [-0.05, 0) is 0 Å². The molecule has 150 valence electrons. The molecule has 2 heteroatoms. The third-order valence-corrected chi connectivity index (χ3v) is 10.5. The SMILES string of the molecule is C=CCOc1ccccc1C[PH](c1ccccc1)(c1ccccc1)c1ccccc1. The summed E-state index contributed by atoms with van der Waals surface area (Å²) < 4.78 is 6.04. The zero-order valence-electron chi connectivity index (χ0n) is 17.1. The zero-order chi connectivity index (χ0) is 20.7. The molecule has 0 amide bonds. The number of benzene rings is 4. The van der Waals surface area contributed by atoms with Crippen molar-refractivity contribution in [3.05, 3.63) is 133 Å². The Morgan fingerprint density at radius 1 is 0.600 bits per heavy atom. The molecule has 1 nitrogen and oxygen atoms in total. The Balaban J connectivity index is 1.96. The van der Waals surface area contributed by atoms with Crippen molar-refractivity contribution < 1.29 is 4.74 Å². The predicted molar refractivity (Wildman–Crippen MR) is 132 cm³/mol. The van der Waals surface area contributed by atoms with Gasteiger partial charge in [-0.1, -0.05) is 0 Å². The summed E-state index contributed by atoms with van der Waals surface area (Å²) in [4.78, 5) is 0. The van der Waals surface area contributed by atoms with Crippen LogP contribution in [0.2, 0.25) is 0 Å². The van der Waals surface area contributed by atoms with E-state index in [-0.39, 0.29) is 0 Å². The van der Waals surface area contributed by atoms with Crippen molar-refractivity contribution in [3.63, 3.8) is 0 Å². The molecule has 4 aromatic carbocycles. The zero-order valence-corrected chi connectivity index (χ0v) is 18.1. The van der Waals surface area contributed by atoms with Gasteiger partial charge in [0.15, 0.2) is 0 Å². The molecule has 4 rings (SSSR count). The van der Waals surface area contributed by atoms with Crippen LogP contribution >= 0.6 is 7.26 Å². The van der Waals surface area contributed by atoms with Gasteiger partial charge >= 0.3 is 180 Å². The van der Waals surface area contributed by atoms with E-state index in [2.05, 4.69) is 116 Å². The second-order valence-corrected chi connectivity index (χ2v) is 11.3. The van der Waals surface area contributed by atoms with E-state index >= 15 is 0 Å². The topological polar surface area (TPSA) is 9.23 Å². The number of hydrogen-bond donors (Lipinski definition) is 0. The Morgan fingerprint density at radius 2 is 1.03 bits per heavy atom. The Labute approximate surface area is 180 Å². The van der Waals surface area contributed by atoms with Crippen LogP contribution in [-0.4, -0.2) is 6.61 Å². The molecule has 0 unspecified atom stereocenters. The molecule has 0 fully saturated rings. The maximum atomic E-state index is 6.04. The van der Waals surface area contributed by atoms with Crippen LogP contribution in [0.1, 0.15) is 5.56 Å². The molecule has 0 saturated carbocycles. The molecule has 0 aliphatic carbocycles. The van der Waals surface area contributed by atoms with Gasteiger partial charge in [-0.25, -0.2) is 0 Å². The second-order valence-electron chi connectivity index (χ2n) is 7.39. The van der Waals surface area contributed by atoms with Crippen molar-refractivity contribution in [2.45, 2.75) is 6.16 Å². The molecular weight excluding hydrogens is 383 g/mol. The van der Waals surface area contributed by atoms with Gasteiger partial charge in [-0.2, -0.15) is 0 Å². The molecule has 0 atom stereocenters. The average Bonchev–Trinajstić information content (AvgIpc) is 2.83. The molecule has 0 spiro atoms. The van der Waals surface area contributed by atoms with Crippen LogP contribution in [0.25, 0.3) is 0 Å². The van der Waals surface area contributed by atoms with E-state index in [1.54, 1.807) is 6.08 Å². The van der Waals surface area contributed by atoms with Gasteiger partial charge in [-0.15, -0.1) is 0 Å². The van der Waals surface area contributed by atoms with Gasteiger partial charge in [0.05, 0.1) is 0 Å². The Bertz CT molecular complexity index is 979. The molecule has 0 heterocycles. The van der Waals surface area contributed by atoms with E-state index in [1.165, 1.54) is 21.5 Å². The summed E-state index contributed by atoms with van der Waals surface area (Å²) in [5.41, 5.74) is 1.24. The van der Waals surface area contributed by atoms with Crippen molar-refractivity contribution in [2.24, 2.45) is 0 Å². The number of rotatable bonds is 8. The van der Waals surface area contributed by atoms with E-state index in [1.807, 2.05) is 6.07 Å². The van der Waals surface area contributed by atoms with Gasteiger partial charge < -0.3 is 0 Å². The monoisotopic (exact) mass is 410 g/mol. The molecule has 0 aliphatic heterocycles. The van der Waals surface area contributed by atoms with Crippen LogP contribution < -0.4 is 20.7 Å². The van der Waals surface area contributed by atoms with E-state index in [0.717, 1.165) is 11.9 Å². The summed E-state index contributed by atoms with van der Waals surface area (Å²) in [7, 11) is -2.34. The van der Waals surface area contributed by atoms with Crippen molar-refractivity contribution in [1.29, 1.82) is 0 Å². The third kappa shape index (κ3) is 4.08. The minimum atomic E-state index is -2.34. The van der Waals surface area contributed by atoms with Gasteiger partial charge in [0.1, 0.15) is 0 Å². The summed E-state index contributed by atoms with van der Waals surface area (Å²) >= 11 is 0. The van der Waals surface area contributed by atoms with Crippen molar-refractivity contribution in [2.75, 3.05) is 6.61 Å². The van der Waals surface area contributed by atoms with Crippen molar-refractivity contribution in [1.82, 2.24) is 0 Å². The molecule has 30 heavy (non-hydrogen) atoms. The van der Waals surface area contributed by atoms with Crippen LogP contribution in [0.3, 0.4) is 0 Å². The fourth-order valence-electron chi connectivity index (χ4n) is 4.20. The van der Waals surface area contributed by atoms with Gasteiger partial charge in [0.2, 0.25) is 0 Å². The first-order chi connectivity index (χ1) is 14.8. The number of para-hydroxylation sites is 1. The molecule has 0 aromatic heterocycles. The summed E-state index contributed by atoms with van der Waals surface area (Å²) in [5, 5.41) is 4.21. The van der Waals surface area contributed by atoms with Crippen LogP contribution in [0, 0.1) is 0 Å². The minimum absolute atomic E-state index is 0.508. The maximum absolute atomic E-state index is 6.04. The second kappa shape index (κ2) is 9.57. The summed E-state index contributed by atoms with van der Waals surface area (Å²) in [6.07, 6.45) is 2.73. The average molecular weight is 410 g/mol. The normalized spacial score (nSPS) is 11.6. The van der Waals surface area contributed by atoms with Crippen LogP contribution in [0.5, 0.6) is 5.75 Å². The van der Waals surface area contributed by atoms with E-state index in [4.69, 9.17) is 4.74 Å². The first-order valence-corrected chi connectivity index (χ1v) is 12.5. The van der Waals surface area contributed by atoms with Crippen molar-refractivity contribution >= 4 is 23.2 Å². The van der Waals surface area contributed by atoms with Crippen LogP contribution in [-0.2, 0) is 6.16 Å². The molecular formula is C28H27OP. The van der Waals surface area contributed by atoms with Gasteiger partial charge in [-0.3, -0.25) is 0 Å². The summed E-state index contributed by atoms with van der Waals surface area (Å²) in [6.45, 7) is 4.31. The standard InChI is InChI=1S/C28H27OP/c1-2-22-29-28-21-13-12-14-24(28)23-30(25-15-6-3-7-16-25,26-17-8-4-9-18-26)27-19-10-5-11-20-27/h2-21,30H,1,22-23H2. The summed E-state index contributed by atoms with van der Waals surface area (Å²) in [6, 6.07) is 41.4. The molecule has 0 aliphatic rings. The van der Waals surface area contributed by atoms with Crippen LogP contribution in [0.15, 0.2) is 128 Å². The number of hydrogen-bond acceptors (Lipinski definition) is 1. The van der Waals surface area contributed by atoms with Crippen molar-refractivity contribution in [3.8, 4) is 5.75 Å². The molecule has 0 bridgehead atoms. The third-order valence-electron chi connectivity index (χ3n) is 5.58. The quantitative estimate of drug-likeness (QED) is 0.276. The number of ether oxygens (including phenoxy) is 1.